The lowest BCUT2D eigenvalue weighted by molar-refractivity contribution is 0.0594. The van der Waals surface area contributed by atoms with Gasteiger partial charge in [-0.2, -0.15) is 0 Å². The van der Waals surface area contributed by atoms with E-state index in [9.17, 15) is 4.79 Å². The number of nitrogens with zero attached hydrogens (tertiary/aromatic N) is 1. The van der Waals surface area contributed by atoms with E-state index in [0.29, 0.717) is 26.3 Å². The van der Waals surface area contributed by atoms with Crippen molar-refractivity contribution in [1.29, 1.82) is 0 Å². The van der Waals surface area contributed by atoms with Crippen LogP contribution >= 0.6 is 46.4 Å². The number of carbonyl (C=O) groups excluding carboxylic acids is 1. The number of methoxy groups -OCH3 is 1. The fourth-order valence-electron chi connectivity index (χ4n) is 1.61. The summed E-state index contributed by atoms with van der Waals surface area (Å²) in [4.78, 5) is 15.7. The van der Waals surface area contributed by atoms with E-state index in [1.165, 1.54) is 13.2 Å². The first kappa shape index (κ1) is 15.4. The first-order chi connectivity index (χ1) is 9.43. The SMILES string of the molecule is COC(=O)c1nc(-c2c(Cl)cc(Cl)cc2Cl)ccc1Cl. The van der Waals surface area contributed by atoms with Gasteiger partial charge in [0.2, 0.25) is 0 Å². The summed E-state index contributed by atoms with van der Waals surface area (Å²) >= 11 is 24.0. The van der Waals surface area contributed by atoms with Crippen molar-refractivity contribution in [2.45, 2.75) is 0 Å². The lowest BCUT2D eigenvalue weighted by atomic mass is 10.1. The number of ether oxygens (including phenoxy) is 1. The molecule has 2 aromatic rings. The first-order valence-electron chi connectivity index (χ1n) is 5.34. The van der Waals surface area contributed by atoms with E-state index in [1.54, 1.807) is 18.2 Å². The van der Waals surface area contributed by atoms with Gasteiger partial charge in [0.1, 0.15) is 0 Å². The summed E-state index contributed by atoms with van der Waals surface area (Å²) in [6.45, 7) is 0. The average molecular weight is 351 g/mol. The molecule has 1 aromatic carbocycles. The maximum absolute atomic E-state index is 11.6. The molecule has 7 heteroatoms. The predicted octanol–water partition coefficient (Wildman–Crippen LogP) is 5.15. The number of hydrogen-bond donors (Lipinski definition) is 0. The van der Waals surface area contributed by atoms with Crippen LogP contribution in [0.2, 0.25) is 20.1 Å². The van der Waals surface area contributed by atoms with E-state index < -0.39 is 5.97 Å². The number of carbonyl (C=O) groups is 1. The third-order valence-electron chi connectivity index (χ3n) is 2.49. The van der Waals surface area contributed by atoms with Crippen LogP contribution in [0.1, 0.15) is 10.5 Å². The molecule has 0 unspecified atom stereocenters. The summed E-state index contributed by atoms with van der Waals surface area (Å²) in [7, 11) is 1.25. The Kier molecular flexibility index (Phi) is 4.76. The maximum atomic E-state index is 11.6. The van der Waals surface area contributed by atoms with Gasteiger partial charge in [0.05, 0.1) is 27.9 Å². The molecule has 2 rings (SSSR count). The van der Waals surface area contributed by atoms with Crippen LogP contribution in [0, 0.1) is 0 Å². The maximum Gasteiger partial charge on any atom is 0.358 e. The number of halogens is 4. The van der Waals surface area contributed by atoms with Crippen molar-refractivity contribution in [1.82, 2.24) is 4.98 Å². The van der Waals surface area contributed by atoms with Gasteiger partial charge in [0.15, 0.2) is 5.69 Å². The Bertz CT molecular complexity index is 665. The number of pyridine rings is 1. The van der Waals surface area contributed by atoms with Crippen molar-refractivity contribution in [3.63, 3.8) is 0 Å². The van der Waals surface area contributed by atoms with Gasteiger partial charge in [-0.25, -0.2) is 9.78 Å². The lowest BCUT2D eigenvalue weighted by Crippen LogP contribution is -2.06. The smallest absolute Gasteiger partial charge is 0.358 e. The van der Waals surface area contributed by atoms with Crippen molar-refractivity contribution in [3.05, 3.63) is 50.0 Å². The average Bonchev–Trinajstić information content (AvgIpc) is 2.38. The molecule has 1 heterocycles. The minimum absolute atomic E-state index is 0.00579. The Morgan fingerprint density at radius 1 is 1.05 bits per heavy atom. The van der Waals surface area contributed by atoms with Gasteiger partial charge in [0.25, 0.3) is 0 Å². The van der Waals surface area contributed by atoms with Crippen molar-refractivity contribution in [2.75, 3.05) is 7.11 Å². The largest absolute Gasteiger partial charge is 0.464 e. The molecule has 3 nitrogen and oxygen atoms in total. The van der Waals surface area contributed by atoms with E-state index >= 15 is 0 Å². The van der Waals surface area contributed by atoms with Gasteiger partial charge in [-0.3, -0.25) is 0 Å². The number of hydrogen-bond acceptors (Lipinski definition) is 3. The van der Waals surface area contributed by atoms with Crippen LogP contribution in [0.3, 0.4) is 0 Å². The van der Waals surface area contributed by atoms with Crippen LogP contribution in [0.25, 0.3) is 11.3 Å². The molecule has 0 radical (unpaired) electrons. The summed E-state index contributed by atoms with van der Waals surface area (Å²) in [5.41, 5.74) is 0.870. The standard InChI is InChI=1S/C13H7Cl4NO2/c1-20-13(19)12-7(15)2-3-10(18-12)11-8(16)4-6(14)5-9(11)17/h2-5H,1H3. The van der Waals surface area contributed by atoms with E-state index in [0.717, 1.165) is 0 Å². The van der Waals surface area contributed by atoms with Crippen molar-refractivity contribution >= 4 is 52.4 Å². The van der Waals surface area contributed by atoms with Crippen molar-refractivity contribution < 1.29 is 9.53 Å². The second kappa shape index (κ2) is 6.19. The molecule has 20 heavy (non-hydrogen) atoms. The highest BCUT2D eigenvalue weighted by atomic mass is 35.5. The predicted molar refractivity (Wildman–Crippen MR) is 81.1 cm³/mol. The van der Waals surface area contributed by atoms with Crippen molar-refractivity contribution in [2.24, 2.45) is 0 Å². The molecule has 104 valence electrons. The van der Waals surface area contributed by atoms with E-state index in [2.05, 4.69) is 9.72 Å². The molecule has 0 amide bonds. The first-order valence-corrected chi connectivity index (χ1v) is 6.85. The fraction of sp³-hybridized carbons (Fsp3) is 0.0769. The quantitative estimate of drug-likeness (QED) is 0.703. The van der Waals surface area contributed by atoms with Gasteiger partial charge < -0.3 is 4.74 Å². The minimum Gasteiger partial charge on any atom is -0.464 e. The molecule has 0 saturated heterocycles. The van der Waals surface area contributed by atoms with Gasteiger partial charge in [0, 0.05) is 10.6 Å². The summed E-state index contributed by atoms with van der Waals surface area (Å²) in [5, 5.41) is 1.24. The Morgan fingerprint density at radius 2 is 1.65 bits per heavy atom. The van der Waals surface area contributed by atoms with E-state index in [1.807, 2.05) is 0 Å². The summed E-state index contributed by atoms with van der Waals surface area (Å²) in [5.74, 6) is -0.641. The second-order valence-corrected chi connectivity index (χ2v) is 5.42. The lowest BCUT2D eigenvalue weighted by Gasteiger charge is -2.09. The van der Waals surface area contributed by atoms with Crippen LogP contribution in [0.4, 0.5) is 0 Å². The molecule has 0 fully saturated rings. The molecule has 0 spiro atoms. The van der Waals surface area contributed by atoms with Crippen LogP contribution in [-0.4, -0.2) is 18.1 Å². The Morgan fingerprint density at radius 3 is 2.20 bits per heavy atom. The fourth-order valence-corrected chi connectivity index (χ4v) is 2.80. The van der Waals surface area contributed by atoms with Crippen LogP contribution in [0.5, 0.6) is 0 Å². The molecule has 0 aliphatic carbocycles. The van der Waals surface area contributed by atoms with Gasteiger partial charge >= 0.3 is 5.97 Å². The number of aromatic nitrogens is 1. The zero-order valence-electron chi connectivity index (χ0n) is 10.1. The highest BCUT2D eigenvalue weighted by molar-refractivity contribution is 6.41. The molecule has 1 aromatic heterocycles. The summed E-state index contributed by atoms with van der Waals surface area (Å²) < 4.78 is 4.61. The molecule has 0 N–H and O–H groups in total. The molecule has 0 aliphatic heterocycles. The number of rotatable bonds is 2. The second-order valence-electron chi connectivity index (χ2n) is 3.76. The van der Waals surface area contributed by atoms with Crippen LogP contribution < -0.4 is 0 Å². The molecule has 0 bridgehead atoms. The van der Waals surface area contributed by atoms with Gasteiger partial charge in [-0.1, -0.05) is 46.4 Å². The van der Waals surface area contributed by atoms with Crippen molar-refractivity contribution in [3.8, 4) is 11.3 Å². The topological polar surface area (TPSA) is 39.2 Å². The molecular formula is C13H7Cl4NO2. The highest BCUT2D eigenvalue weighted by Gasteiger charge is 2.17. The monoisotopic (exact) mass is 349 g/mol. The van der Waals surface area contributed by atoms with Gasteiger partial charge in [-0.15, -0.1) is 0 Å². The van der Waals surface area contributed by atoms with Crippen LogP contribution in [0.15, 0.2) is 24.3 Å². The highest BCUT2D eigenvalue weighted by Crippen LogP contribution is 2.37. The molecular weight excluding hydrogens is 344 g/mol. The molecule has 0 aliphatic rings. The third kappa shape index (κ3) is 3.01. The molecule has 0 saturated carbocycles. The third-order valence-corrected chi connectivity index (χ3v) is 3.61. The van der Waals surface area contributed by atoms with E-state index in [-0.39, 0.29) is 10.7 Å². The Hall–Kier alpha value is -1.000. The Balaban J connectivity index is 2.63. The zero-order valence-corrected chi connectivity index (χ0v) is 13.1. The van der Waals surface area contributed by atoms with Crippen LogP contribution in [-0.2, 0) is 4.74 Å². The van der Waals surface area contributed by atoms with E-state index in [4.69, 9.17) is 46.4 Å². The van der Waals surface area contributed by atoms with Gasteiger partial charge in [-0.05, 0) is 24.3 Å². The summed E-state index contributed by atoms with van der Waals surface area (Å²) in [6, 6.07) is 6.21. The Labute approximate surface area is 135 Å². The zero-order chi connectivity index (χ0) is 14.9. The number of benzene rings is 1. The summed E-state index contributed by atoms with van der Waals surface area (Å²) in [6.07, 6.45) is 0. The normalized spacial score (nSPS) is 10.4. The molecule has 0 atom stereocenters. The minimum atomic E-state index is -0.641. The number of esters is 1.